The Balaban J connectivity index is 2.21. The Morgan fingerprint density at radius 3 is 2.52 bits per heavy atom. The molecule has 0 spiro atoms. The summed E-state index contributed by atoms with van der Waals surface area (Å²) in [4.78, 5) is 12.6. The molecule has 0 bridgehead atoms. The van der Waals surface area contributed by atoms with Crippen LogP contribution in [0.1, 0.15) is 35.7 Å². The van der Waals surface area contributed by atoms with Crippen LogP contribution in [0.4, 0.5) is 5.69 Å². The van der Waals surface area contributed by atoms with Gasteiger partial charge in [0, 0.05) is 5.56 Å². The van der Waals surface area contributed by atoms with Crippen LogP contribution >= 0.6 is 0 Å². The highest BCUT2D eigenvalue weighted by molar-refractivity contribution is 5.99. The molecule has 0 fully saturated rings. The molecule has 110 valence electrons. The molecule has 2 N–H and O–H groups in total. The number of anilines is 1. The van der Waals surface area contributed by atoms with Gasteiger partial charge in [0.2, 0.25) is 5.78 Å². The third kappa shape index (κ3) is 3.85. The van der Waals surface area contributed by atoms with Gasteiger partial charge in [0.05, 0.1) is 5.69 Å². The molecule has 2 aromatic carbocycles. The van der Waals surface area contributed by atoms with Crippen molar-refractivity contribution in [3.8, 4) is 5.75 Å². The van der Waals surface area contributed by atoms with Gasteiger partial charge in [0.25, 0.3) is 0 Å². The first-order valence-corrected chi connectivity index (χ1v) is 7.24. The summed E-state index contributed by atoms with van der Waals surface area (Å²) in [5.74, 6) is 0.570. The van der Waals surface area contributed by atoms with Crippen LogP contribution in [0.25, 0.3) is 0 Å². The molecule has 0 aliphatic carbocycles. The number of ketones is 1. The number of carbonyl (C=O) groups excluding carboxylic acids is 1. The van der Waals surface area contributed by atoms with Crippen molar-refractivity contribution in [3.05, 3.63) is 59.7 Å². The van der Waals surface area contributed by atoms with Crippen LogP contribution in [0.5, 0.6) is 5.75 Å². The summed E-state index contributed by atoms with van der Waals surface area (Å²) in [6.07, 6.45) is 1.04. The summed E-state index contributed by atoms with van der Waals surface area (Å²) in [5.41, 5.74) is 8.27. The summed E-state index contributed by atoms with van der Waals surface area (Å²) in [7, 11) is 0. The van der Waals surface area contributed by atoms with E-state index in [1.54, 1.807) is 0 Å². The predicted octanol–water partition coefficient (Wildman–Crippen LogP) is 4.01. The fourth-order valence-corrected chi connectivity index (χ4v) is 2.22. The Hall–Kier alpha value is -2.29. The van der Waals surface area contributed by atoms with Gasteiger partial charge in [-0.2, -0.15) is 0 Å². The van der Waals surface area contributed by atoms with E-state index < -0.39 is 6.10 Å². The topological polar surface area (TPSA) is 52.3 Å². The van der Waals surface area contributed by atoms with Crippen molar-refractivity contribution in [3.63, 3.8) is 0 Å². The van der Waals surface area contributed by atoms with Gasteiger partial charge in [-0.3, -0.25) is 4.79 Å². The Labute approximate surface area is 125 Å². The number of benzene rings is 2. The molecular formula is C18H21NO2. The minimum absolute atomic E-state index is 0.00238. The van der Waals surface area contributed by atoms with Crippen molar-refractivity contribution in [1.29, 1.82) is 0 Å². The zero-order chi connectivity index (χ0) is 15.2. The van der Waals surface area contributed by atoms with Gasteiger partial charge in [-0.15, -0.1) is 0 Å². The molecule has 0 saturated heterocycles. The third-order valence-electron chi connectivity index (χ3n) is 3.34. The monoisotopic (exact) mass is 283 g/mol. The van der Waals surface area contributed by atoms with Crippen LogP contribution in [0, 0.1) is 6.92 Å². The number of ether oxygens (including phenoxy) is 1. The van der Waals surface area contributed by atoms with E-state index in [0.29, 0.717) is 23.4 Å². The van der Waals surface area contributed by atoms with Gasteiger partial charge in [0.1, 0.15) is 5.75 Å². The second kappa shape index (κ2) is 6.93. The Morgan fingerprint density at radius 1 is 1.19 bits per heavy atom. The van der Waals surface area contributed by atoms with Crippen molar-refractivity contribution in [2.24, 2.45) is 0 Å². The average Bonchev–Trinajstić information content (AvgIpc) is 2.49. The molecule has 2 rings (SSSR count). The smallest absolute Gasteiger partial charge is 0.203 e. The number of hydrogen-bond acceptors (Lipinski definition) is 3. The summed E-state index contributed by atoms with van der Waals surface area (Å²) < 4.78 is 5.88. The first-order chi connectivity index (χ1) is 10.1. The van der Waals surface area contributed by atoms with Crippen molar-refractivity contribution in [2.45, 2.75) is 32.8 Å². The second-order valence-electron chi connectivity index (χ2n) is 5.17. The Bertz CT molecular complexity index is 608. The lowest BCUT2D eigenvalue weighted by Crippen LogP contribution is -2.27. The normalized spacial score (nSPS) is 11.9. The van der Waals surface area contributed by atoms with Gasteiger partial charge < -0.3 is 10.5 Å². The van der Waals surface area contributed by atoms with Crippen molar-refractivity contribution in [2.75, 3.05) is 5.73 Å². The SMILES string of the molecule is CCCC(Oc1ccc(C)cc1N)C(=O)c1ccccc1. The maximum absolute atomic E-state index is 12.6. The molecule has 1 unspecified atom stereocenters. The van der Waals surface area contributed by atoms with E-state index in [-0.39, 0.29) is 5.78 Å². The van der Waals surface area contributed by atoms with Crippen LogP contribution in [-0.4, -0.2) is 11.9 Å². The van der Waals surface area contributed by atoms with E-state index in [9.17, 15) is 4.79 Å². The summed E-state index contributed by atoms with van der Waals surface area (Å²) in [6, 6.07) is 14.8. The van der Waals surface area contributed by atoms with Crippen LogP contribution in [0.3, 0.4) is 0 Å². The molecule has 1 atom stereocenters. The highest BCUT2D eigenvalue weighted by atomic mass is 16.5. The molecule has 0 aliphatic heterocycles. The van der Waals surface area contributed by atoms with Crippen molar-refractivity contribution >= 4 is 11.5 Å². The lowest BCUT2D eigenvalue weighted by molar-refractivity contribution is 0.0779. The molecule has 0 radical (unpaired) electrons. The molecule has 3 heteroatoms. The van der Waals surface area contributed by atoms with E-state index in [1.807, 2.05) is 62.4 Å². The molecule has 21 heavy (non-hydrogen) atoms. The molecule has 3 nitrogen and oxygen atoms in total. The van der Waals surface area contributed by atoms with Crippen LogP contribution in [0.15, 0.2) is 48.5 Å². The van der Waals surface area contributed by atoms with Crippen LogP contribution in [-0.2, 0) is 0 Å². The molecule has 0 saturated carbocycles. The van der Waals surface area contributed by atoms with Crippen LogP contribution < -0.4 is 10.5 Å². The summed E-state index contributed by atoms with van der Waals surface area (Å²) >= 11 is 0. The molecule has 0 aromatic heterocycles. The van der Waals surface area contributed by atoms with Gasteiger partial charge in [-0.25, -0.2) is 0 Å². The van der Waals surface area contributed by atoms with E-state index >= 15 is 0 Å². The highest BCUT2D eigenvalue weighted by Crippen LogP contribution is 2.25. The van der Waals surface area contributed by atoms with E-state index in [2.05, 4.69) is 0 Å². The van der Waals surface area contributed by atoms with Gasteiger partial charge >= 0.3 is 0 Å². The summed E-state index contributed by atoms with van der Waals surface area (Å²) in [5, 5.41) is 0. The second-order valence-corrected chi connectivity index (χ2v) is 5.17. The molecular weight excluding hydrogens is 262 g/mol. The van der Waals surface area contributed by atoms with Crippen molar-refractivity contribution < 1.29 is 9.53 Å². The number of nitrogens with two attached hydrogens (primary N) is 1. The lowest BCUT2D eigenvalue weighted by atomic mass is 10.0. The third-order valence-corrected chi connectivity index (χ3v) is 3.34. The van der Waals surface area contributed by atoms with Gasteiger partial charge in [-0.05, 0) is 31.0 Å². The standard InChI is InChI=1S/C18H21NO2/c1-3-7-17(18(20)14-8-5-4-6-9-14)21-16-11-10-13(2)12-15(16)19/h4-6,8-12,17H,3,7,19H2,1-2H3. The first-order valence-electron chi connectivity index (χ1n) is 7.24. The fourth-order valence-electron chi connectivity index (χ4n) is 2.22. The predicted molar refractivity (Wildman–Crippen MR) is 85.7 cm³/mol. The lowest BCUT2D eigenvalue weighted by Gasteiger charge is -2.19. The minimum atomic E-state index is -0.498. The maximum Gasteiger partial charge on any atom is 0.203 e. The Morgan fingerprint density at radius 2 is 1.90 bits per heavy atom. The number of Topliss-reactive ketones (excluding diaryl/α,β-unsaturated/α-hetero) is 1. The molecule has 0 heterocycles. The number of rotatable bonds is 6. The van der Waals surface area contributed by atoms with E-state index in [0.717, 1.165) is 12.0 Å². The van der Waals surface area contributed by atoms with E-state index in [1.165, 1.54) is 0 Å². The number of hydrogen-bond donors (Lipinski definition) is 1. The van der Waals surface area contributed by atoms with Gasteiger partial charge in [-0.1, -0.05) is 49.7 Å². The summed E-state index contributed by atoms with van der Waals surface area (Å²) in [6.45, 7) is 4.01. The molecule has 0 amide bonds. The van der Waals surface area contributed by atoms with Crippen molar-refractivity contribution in [1.82, 2.24) is 0 Å². The average molecular weight is 283 g/mol. The maximum atomic E-state index is 12.6. The number of carbonyl (C=O) groups is 1. The van der Waals surface area contributed by atoms with Gasteiger partial charge in [0.15, 0.2) is 6.10 Å². The Kier molecular flexibility index (Phi) is 4.99. The van der Waals surface area contributed by atoms with E-state index in [4.69, 9.17) is 10.5 Å². The number of aryl methyl sites for hydroxylation is 1. The first kappa shape index (κ1) is 15.1. The zero-order valence-electron chi connectivity index (χ0n) is 12.5. The fraction of sp³-hybridized carbons (Fsp3) is 0.278. The minimum Gasteiger partial charge on any atom is -0.480 e. The highest BCUT2D eigenvalue weighted by Gasteiger charge is 2.21. The molecule has 0 aliphatic rings. The van der Waals surface area contributed by atoms with Crippen LogP contribution in [0.2, 0.25) is 0 Å². The number of nitrogen functional groups attached to an aromatic ring is 1. The largest absolute Gasteiger partial charge is 0.480 e. The molecule has 2 aromatic rings. The zero-order valence-corrected chi connectivity index (χ0v) is 12.5. The quantitative estimate of drug-likeness (QED) is 0.643.